The van der Waals surface area contributed by atoms with Crippen LogP contribution < -0.4 is 5.43 Å². The summed E-state index contributed by atoms with van der Waals surface area (Å²) in [6.07, 6.45) is 5.04. The largest absolute Gasteiger partial charge is 0.342 e. The van der Waals surface area contributed by atoms with E-state index >= 15 is 0 Å². The van der Waals surface area contributed by atoms with Crippen LogP contribution in [0.3, 0.4) is 0 Å². The number of piperidine rings is 1. The van der Waals surface area contributed by atoms with Gasteiger partial charge in [0.25, 0.3) is 0 Å². The topological polar surface area (TPSA) is 83.8 Å². The maximum atomic E-state index is 12.6. The molecule has 1 aliphatic heterocycles. The van der Waals surface area contributed by atoms with Crippen LogP contribution in [0.1, 0.15) is 36.5 Å². The average molecular weight is 467 g/mol. The Hall–Kier alpha value is -2.97. The molecule has 1 N–H and O–H groups in total. The number of carbonyl (C=O) groups excluding carboxylic acids is 1. The fourth-order valence-electron chi connectivity index (χ4n) is 4.36. The molecule has 1 aliphatic rings. The Labute approximate surface area is 195 Å². The second-order valence-corrected chi connectivity index (χ2v) is 10.8. The summed E-state index contributed by atoms with van der Waals surface area (Å²) < 4.78 is 27.9. The van der Waals surface area contributed by atoms with Crippen molar-refractivity contribution in [3.8, 4) is 0 Å². The maximum absolute atomic E-state index is 12.6. The van der Waals surface area contributed by atoms with E-state index in [0.717, 1.165) is 23.0 Å². The molecule has 3 aromatic rings. The molecule has 174 valence electrons. The van der Waals surface area contributed by atoms with E-state index in [1.807, 2.05) is 24.4 Å². The first-order chi connectivity index (χ1) is 15.9. The van der Waals surface area contributed by atoms with Crippen LogP contribution >= 0.6 is 0 Å². The van der Waals surface area contributed by atoms with Gasteiger partial charge < -0.3 is 4.57 Å². The second kappa shape index (κ2) is 9.89. The number of carbonyl (C=O) groups is 1. The van der Waals surface area contributed by atoms with Gasteiger partial charge in [0.05, 0.1) is 17.9 Å². The lowest BCUT2D eigenvalue weighted by atomic mass is 9.99. The van der Waals surface area contributed by atoms with E-state index in [9.17, 15) is 13.2 Å². The summed E-state index contributed by atoms with van der Waals surface area (Å²) in [6, 6.07) is 16.5. The van der Waals surface area contributed by atoms with Gasteiger partial charge in [-0.15, -0.1) is 0 Å². The van der Waals surface area contributed by atoms with Crippen molar-refractivity contribution in [1.82, 2.24) is 14.3 Å². The van der Waals surface area contributed by atoms with Crippen LogP contribution in [0.2, 0.25) is 0 Å². The number of rotatable bonds is 7. The third-order valence-electron chi connectivity index (χ3n) is 6.15. The summed E-state index contributed by atoms with van der Waals surface area (Å²) in [7, 11) is -3.29. The number of hydrazone groups is 1. The van der Waals surface area contributed by atoms with Gasteiger partial charge in [-0.2, -0.15) is 5.10 Å². The van der Waals surface area contributed by atoms with Crippen molar-refractivity contribution < 1.29 is 13.2 Å². The summed E-state index contributed by atoms with van der Waals surface area (Å²) in [5, 5.41) is 5.26. The van der Waals surface area contributed by atoms with Gasteiger partial charge in [-0.25, -0.2) is 18.1 Å². The molecule has 7 nitrogen and oxygen atoms in total. The Kier molecular flexibility index (Phi) is 6.95. The van der Waals surface area contributed by atoms with E-state index in [2.05, 4.69) is 52.3 Å². The first-order valence-corrected chi connectivity index (χ1v) is 12.9. The fourth-order valence-corrected chi connectivity index (χ4v) is 5.54. The number of para-hydroxylation sites is 1. The van der Waals surface area contributed by atoms with Gasteiger partial charge in [0.2, 0.25) is 15.9 Å². The number of nitrogens with zero attached hydrogens (tertiary/aromatic N) is 3. The number of sulfonamides is 1. The van der Waals surface area contributed by atoms with Gasteiger partial charge in [-0.05, 0) is 38.3 Å². The van der Waals surface area contributed by atoms with Crippen LogP contribution in [0, 0.1) is 12.8 Å². The highest BCUT2D eigenvalue weighted by atomic mass is 32.2. The Morgan fingerprint density at radius 3 is 2.82 bits per heavy atom. The van der Waals surface area contributed by atoms with Gasteiger partial charge in [-0.1, -0.05) is 48.0 Å². The molecule has 1 unspecified atom stereocenters. The third kappa shape index (κ3) is 5.34. The standard InChI is InChI=1S/C25H30N4O3S/c1-3-33(31,32)29-13-7-10-21(18-29)25(30)27-26-15-22-17-28(24-12-5-4-11-23(22)24)16-20-9-6-8-19(2)14-20/h4-6,8-9,11-12,14-15,17,21H,3,7,10,13,16,18H2,1-2H3,(H,27,30). The van der Waals surface area contributed by atoms with Crippen molar-refractivity contribution in [1.29, 1.82) is 0 Å². The second-order valence-electron chi connectivity index (χ2n) is 8.55. The van der Waals surface area contributed by atoms with Crippen molar-refractivity contribution in [2.75, 3.05) is 18.8 Å². The molecule has 0 aliphatic carbocycles. The predicted octanol–water partition coefficient (Wildman–Crippen LogP) is 3.51. The van der Waals surface area contributed by atoms with E-state index in [1.54, 1.807) is 13.1 Å². The summed E-state index contributed by atoms with van der Waals surface area (Å²) >= 11 is 0. The van der Waals surface area contributed by atoms with Crippen molar-refractivity contribution in [2.45, 2.75) is 33.2 Å². The minimum absolute atomic E-state index is 0.0477. The van der Waals surface area contributed by atoms with Crippen LogP contribution in [-0.4, -0.2) is 48.3 Å². The van der Waals surface area contributed by atoms with Crippen LogP contribution in [0.5, 0.6) is 0 Å². The zero-order chi connectivity index (χ0) is 23.4. The predicted molar refractivity (Wildman–Crippen MR) is 132 cm³/mol. The maximum Gasteiger partial charge on any atom is 0.244 e. The summed E-state index contributed by atoms with van der Waals surface area (Å²) in [5.41, 5.74) is 7.08. The van der Waals surface area contributed by atoms with Gasteiger partial charge in [0, 0.05) is 42.3 Å². The molecule has 0 spiro atoms. The first-order valence-electron chi connectivity index (χ1n) is 11.3. The van der Waals surface area contributed by atoms with Crippen molar-refractivity contribution >= 4 is 33.0 Å². The van der Waals surface area contributed by atoms with E-state index < -0.39 is 10.0 Å². The minimum atomic E-state index is -3.29. The molecular weight excluding hydrogens is 436 g/mol. The molecule has 1 aromatic heterocycles. The first kappa shape index (κ1) is 23.2. The number of aromatic nitrogens is 1. The molecular formula is C25H30N4O3S. The fraction of sp³-hybridized carbons (Fsp3) is 0.360. The molecule has 1 atom stereocenters. The van der Waals surface area contributed by atoms with Gasteiger partial charge in [-0.3, -0.25) is 4.79 Å². The van der Waals surface area contributed by atoms with Crippen molar-refractivity contribution in [2.24, 2.45) is 11.0 Å². The molecule has 0 bridgehead atoms. The number of hydrogen-bond acceptors (Lipinski definition) is 4. The van der Waals surface area contributed by atoms with Crippen molar-refractivity contribution in [3.05, 3.63) is 71.4 Å². The molecule has 1 saturated heterocycles. The lowest BCUT2D eigenvalue weighted by Crippen LogP contribution is -2.45. The summed E-state index contributed by atoms with van der Waals surface area (Å²) in [6.45, 7) is 5.14. The number of fused-ring (bicyclic) bond motifs is 1. The molecule has 1 fully saturated rings. The number of benzene rings is 2. The third-order valence-corrected chi connectivity index (χ3v) is 7.99. The zero-order valence-corrected chi connectivity index (χ0v) is 19.9. The average Bonchev–Trinajstić information content (AvgIpc) is 3.16. The van der Waals surface area contributed by atoms with Crippen LogP contribution in [0.4, 0.5) is 0 Å². The Balaban J connectivity index is 1.47. The number of aryl methyl sites for hydroxylation is 1. The lowest BCUT2D eigenvalue weighted by molar-refractivity contribution is -0.126. The van der Waals surface area contributed by atoms with Gasteiger partial charge in [0.15, 0.2) is 0 Å². The number of hydrogen-bond donors (Lipinski definition) is 1. The number of nitrogens with one attached hydrogen (secondary N) is 1. The van der Waals surface area contributed by atoms with Gasteiger partial charge >= 0.3 is 0 Å². The highest BCUT2D eigenvalue weighted by molar-refractivity contribution is 7.89. The molecule has 1 amide bonds. The molecule has 0 radical (unpaired) electrons. The lowest BCUT2D eigenvalue weighted by Gasteiger charge is -2.30. The molecule has 2 heterocycles. The smallest absolute Gasteiger partial charge is 0.244 e. The van der Waals surface area contributed by atoms with Gasteiger partial charge in [0.1, 0.15) is 0 Å². The molecule has 2 aromatic carbocycles. The summed E-state index contributed by atoms with van der Waals surface area (Å²) in [4.78, 5) is 12.6. The normalized spacial score (nSPS) is 17.6. The SMILES string of the molecule is CCS(=O)(=O)N1CCCC(C(=O)NN=Cc2cn(Cc3cccc(C)c3)c3ccccc23)C1. The quantitative estimate of drug-likeness (QED) is 0.427. The van der Waals surface area contributed by atoms with Crippen LogP contribution in [0.15, 0.2) is 59.8 Å². The van der Waals surface area contributed by atoms with E-state index in [1.165, 1.54) is 15.4 Å². The van der Waals surface area contributed by atoms with E-state index in [0.29, 0.717) is 19.4 Å². The number of amides is 1. The Morgan fingerprint density at radius 2 is 2.03 bits per heavy atom. The molecule has 0 saturated carbocycles. The Morgan fingerprint density at radius 1 is 1.21 bits per heavy atom. The minimum Gasteiger partial charge on any atom is -0.342 e. The molecule has 8 heteroatoms. The van der Waals surface area contributed by atoms with Crippen LogP contribution in [-0.2, 0) is 21.4 Å². The summed E-state index contributed by atoms with van der Waals surface area (Å²) in [5.74, 6) is -0.586. The van der Waals surface area contributed by atoms with E-state index in [4.69, 9.17) is 0 Å². The monoisotopic (exact) mass is 466 g/mol. The zero-order valence-electron chi connectivity index (χ0n) is 19.1. The highest BCUT2D eigenvalue weighted by Gasteiger charge is 2.31. The van der Waals surface area contributed by atoms with Crippen LogP contribution in [0.25, 0.3) is 10.9 Å². The molecule has 4 rings (SSSR count). The van der Waals surface area contributed by atoms with E-state index in [-0.39, 0.29) is 24.1 Å². The van der Waals surface area contributed by atoms with Crippen molar-refractivity contribution in [3.63, 3.8) is 0 Å². The highest BCUT2D eigenvalue weighted by Crippen LogP contribution is 2.22. The Bertz CT molecular complexity index is 1280. The molecule has 33 heavy (non-hydrogen) atoms.